The lowest BCUT2D eigenvalue weighted by Crippen LogP contribution is -2.38. The number of hydrogen-bond acceptors (Lipinski definition) is 3. The van der Waals surface area contributed by atoms with Gasteiger partial charge in [-0.3, -0.25) is 14.9 Å². The van der Waals surface area contributed by atoms with Gasteiger partial charge >= 0.3 is 0 Å². The summed E-state index contributed by atoms with van der Waals surface area (Å²) in [6.07, 6.45) is 6.01. The highest BCUT2D eigenvalue weighted by atomic mass is 19.1. The Balaban J connectivity index is 1.30. The third kappa shape index (κ3) is 3.99. The predicted molar refractivity (Wildman–Crippen MR) is 117 cm³/mol. The number of carbonyl (C=O) groups is 1. The average molecular weight is 419 g/mol. The molecule has 160 valence electrons. The molecule has 5 nitrogen and oxygen atoms in total. The molecule has 5 rings (SSSR count). The second kappa shape index (κ2) is 8.25. The van der Waals surface area contributed by atoms with Crippen LogP contribution in [0.3, 0.4) is 0 Å². The van der Waals surface area contributed by atoms with Crippen LogP contribution in [0.25, 0.3) is 11.1 Å². The van der Waals surface area contributed by atoms with Crippen LogP contribution < -0.4 is 0 Å². The van der Waals surface area contributed by atoms with E-state index in [-0.39, 0.29) is 11.7 Å². The van der Waals surface area contributed by atoms with E-state index in [1.165, 1.54) is 12.1 Å². The van der Waals surface area contributed by atoms with Crippen molar-refractivity contribution in [1.82, 2.24) is 20.1 Å². The lowest BCUT2D eigenvalue weighted by atomic mass is 9.90. The largest absolute Gasteiger partial charge is 0.337 e. The number of nitrogens with one attached hydrogen (secondary N) is 1. The molecule has 0 saturated carbocycles. The maximum Gasteiger partial charge on any atom is 0.274 e. The van der Waals surface area contributed by atoms with Crippen LogP contribution in [-0.4, -0.2) is 39.1 Å². The van der Waals surface area contributed by atoms with Gasteiger partial charge in [-0.25, -0.2) is 4.39 Å². The Morgan fingerprint density at radius 3 is 2.58 bits per heavy atom. The standard InChI is InChI=1S/C25H27FN4O/c1-16-14-19(17-6-8-20(26)9-7-17)15-23(27-16)18-10-12-30(13-11-18)25(31)24-21-4-2-3-5-22(21)28-29-24/h6-9,14-15,18H,2-5,10-13H2,1H3,(H,28,29). The molecule has 1 aromatic carbocycles. The molecule has 31 heavy (non-hydrogen) atoms. The normalized spacial score (nSPS) is 16.9. The number of carbonyl (C=O) groups excluding carboxylic acids is 1. The minimum absolute atomic E-state index is 0.0575. The number of amides is 1. The van der Waals surface area contributed by atoms with Crippen LogP contribution in [0.1, 0.15) is 64.7 Å². The monoisotopic (exact) mass is 418 g/mol. The molecule has 0 atom stereocenters. The van der Waals surface area contributed by atoms with Crippen molar-refractivity contribution in [2.45, 2.75) is 51.4 Å². The summed E-state index contributed by atoms with van der Waals surface area (Å²) >= 11 is 0. The van der Waals surface area contributed by atoms with Gasteiger partial charge in [0.1, 0.15) is 5.82 Å². The molecule has 1 aliphatic carbocycles. The molecule has 1 fully saturated rings. The van der Waals surface area contributed by atoms with Crippen LogP contribution in [0.2, 0.25) is 0 Å². The van der Waals surface area contributed by atoms with E-state index in [9.17, 15) is 9.18 Å². The van der Waals surface area contributed by atoms with Crippen molar-refractivity contribution in [3.63, 3.8) is 0 Å². The van der Waals surface area contributed by atoms with E-state index in [0.717, 1.165) is 72.3 Å². The topological polar surface area (TPSA) is 61.9 Å². The maximum absolute atomic E-state index is 13.3. The molecule has 1 N–H and O–H groups in total. The summed E-state index contributed by atoms with van der Waals surface area (Å²) in [5, 5.41) is 7.44. The molecule has 0 spiro atoms. The maximum atomic E-state index is 13.3. The Kier molecular flexibility index (Phi) is 5.30. The number of aryl methyl sites for hydroxylation is 2. The second-order valence-electron chi connectivity index (χ2n) is 8.73. The first-order chi connectivity index (χ1) is 15.1. The molecular weight excluding hydrogens is 391 g/mol. The molecule has 2 aliphatic rings. The van der Waals surface area contributed by atoms with E-state index in [1.54, 1.807) is 12.1 Å². The van der Waals surface area contributed by atoms with Crippen molar-refractivity contribution in [3.8, 4) is 11.1 Å². The van der Waals surface area contributed by atoms with Crippen LogP contribution >= 0.6 is 0 Å². The fraction of sp³-hybridized carbons (Fsp3) is 0.400. The Morgan fingerprint density at radius 2 is 1.81 bits per heavy atom. The quantitative estimate of drug-likeness (QED) is 0.663. The number of nitrogens with zero attached hydrogens (tertiary/aromatic N) is 3. The first kappa shape index (κ1) is 19.9. The molecule has 0 radical (unpaired) electrons. The van der Waals surface area contributed by atoms with Crippen LogP contribution in [-0.2, 0) is 12.8 Å². The van der Waals surface area contributed by atoms with Crippen molar-refractivity contribution < 1.29 is 9.18 Å². The van der Waals surface area contributed by atoms with E-state index >= 15 is 0 Å². The van der Waals surface area contributed by atoms with E-state index < -0.39 is 0 Å². The molecule has 6 heteroatoms. The summed E-state index contributed by atoms with van der Waals surface area (Å²) in [4.78, 5) is 19.8. The third-order valence-electron chi connectivity index (χ3n) is 6.61. The number of pyridine rings is 1. The SMILES string of the molecule is Cc1cc(-c2ccc(F)cc2)cc(C2CCN(C(=O)c3n[nH]c4c3CCCC4)CC2)n1. The van der Waals surface area contributed by atoms with Gasteiger partial charge in [-0.15, -0.1) is 0 Å². The molecule has 1 aliphatic heterocycles. The van der Waals surface area contributed by atoms with Gasteiger partial charge in [-0.05, 0) is 80.8 Å². The zero-order valence-electron chi connectivity index (χ0n) is 17.8. The van der Waals surface area contributed by atoms with Gasteiger partial charge in [0, 0.05) is 41.7 Å². The van der Waals surface area contributed by atoms with E-state index in [2.05, 4.69) is 16.3 Å². The summed E-state index contributed by atoms with van der Waals surface area (Å²) < 4.78 is 13.3. The summed E-state index contributed by atoms with van der Waals surface area (Å²) in [6, 6.07) is 10.7. The number of fused-ring (bicyclic) bond motifs is 1. The smallest absolute Gasteiger partial charge is 0.274 e. The van der Waals surface area contributed by atoms with Crippen molar-refractivity contribution >= 4 is 5.91 Å². The summed E-state index contributed by atoms with van der Waals surface area (Å²) in [5.41, 5.74) is 6.96. The van der Waals surface area contributed by atoms with Gasteiger partial charge in [0.2, 0.25) is 0 Å². The van der Waals surface area contributed by atoms with E-state index in [4.69, 9.17) is 4.98 Å². The predicted octanol–water partition coefficient (Wildman–Crippen LogP) is 4.82. The van der Waals surface area contributed by atoms with Crippen LogP contribution in [0, 0.1) is 12.7 Å². The Bertz CT molecular complexity index is 1100. The molecule has 0 bridgehead atoms. The first-order valence-electron chi connectivity index (χ1n) is 11.2. The molecule has 2 aromatic heterocycles. The number of benzene rings is 1. The summed E-state index contributed by atoms with van der Waals surface area (Å²) in [7, 11) is 0. The fourth-order valence-electron chi connectivity index (χ4n) is 4.90. The van der Waals surface area contributed by atoms with Gasteiger partial charge in [-0.2, -0.15) is 5.10 Å². The van der Waals surface area contributed by atoms with Crippen molar-refractivity contribution in [1.29, 1.82) is 0 Å². The van der Waals surface area contributed by atoms with E-state index in [0.29, 0.717) is 24.7 Å². The third-order valence-corrected chi connectivity index (χ3v) is 6.61. The zero-order valence-corrected chi connectivity index (χ0v) is 17.8. The second-order valence-corrected chi connectivity index (χ2v) is 8.73. The Hall–Kier alpha value is -3.02. The molecule has 3 aromatic rings. The Morgan fingerprint density at radius 1 is 1.06 bits per heavy atom. The number of piperidine rings is 1. The van der Waals surface area contributed by atoms with Crippen molar-refractivity contribution in [2.24, 2.45) is 0 Å². The molecule has 1 saturated heterocycles. The number of rotatable bonds is 3. The lowest BCUT2D eigenvalue weighted by Gasteiger charge is -2.32. The first-order valence-corrected chi connectivity index (χ1v) is 11.2. The van der Waals surface area contributed by atoms with Gasteiger partial charge in [-0.1, -0.05) is 12.1 Å². The minimum atomic E-state index is -0.232. The molecule has 1 amide bonds. The number of hydrogen-bond donors (Lipinski definition) is 1. The fourth-order valence-corrected chi connectivity index (χ4v) is 4.90. The number of aromatic amines is 1. The number of likely N-dealkylation sites (tertiary alicyclic amines) is 1. The van der Waals surface area contributed by atoms with Crippen LogP contribution in [0.4, 0.5) is 4.39 Å². The van der Waals surface area contributed by atoms with Gasteiger partial charge < -0.3 is 4.90 Å². The van der Waals surface area contributed by atoms with Crippen LogP contribution in [0.5, 0.6) is 0 Å². The zero-order chi connectivity index (χ0) is 21.4. The van der Waals surface area contributed by atoms with Gasteiger partial charge in [0.25, 0.3) is 5.91 Å². The van der Waals surface area contributed by atoms with Gasteiger partial charge in [0.15, 0.2) is 5.69 Å². The number of halogens is 1. The number of aromatic nitrogens is 3. The molecule has 3 heterocycles. The van der Waals surface area contributed by atoms with Crippen molar-refractivity contribution in [2.75, 3.05) is 13.1 Å². The van der Waals surface area contributed by atoms with Gasteiger partial charge in [0.05, 0.1) is 0 Å². The summed E-state index contributed by atoms with van der Waals surface area (Å²) in [5.74, 6) is 0.142. The Labute approximate surface area is 181 Å². The van der Waals surface area contributed by atoms with Crippen LogP contribution in [0.15, 0.2) is 36.4 Å². The van der Waals surface area contributed by atoms with E-state index in [1.807, 2.05) is 17.9 Å². The molecular formula is C25H27FN4O. The average Bonchev–Trinajstić information content (AvgIpc) is 3.23. The lowest BCUT2D eigenvalue weighted by molar-refractivity contribution is 0.0704. The molecule has 0 unspecified atom stereocenters. The van der Waals surface area contributed by atoms with Crippen molar-refractivity contribution in [3.05, 3.63) is 70.6 Å². The highest BCUT2D eigenvalue weighted by Gasteiger charge is 2.29. The minimum Gasteiger partial charge on any atom is -0.337 e. The number of H-pyrrole nitrogens is 1. The highest BCUT2D eigenvalue weighted by molar-refractivity contribution is 5.94. The highest BCUT2D eigenvalue weighted by Crippen LogP contribution is 2.31. The summed E-state index contributed by atoms with van der Waals surface area (Å²) in [6.45, 7) is 3.43.